The predicted octanol–water partition coefficient (Wildman–Crippen LogP) is 2.23. The first-order chi connectivity index (χ1) is 10.5. The van der Waals surface area contributed by atoms with Crippen molar-refractivity contribution in [1.29, 1.82) is 0 Å². The number of hydrogen-bond acceptors (Lipinski definition) is 3. The molecular weight excluding hydrogens is 282 g/mol. The van der Waals surface area contributed by atoms with Crippen molar-refractivity contribution in [3.05, 3.63) is 35.4 Å². The second-order valence-electron chi connectivity index (χ2n) is 5.66. The van der Waals surface area contributed by atoms with Gasteiger partial charge < -0.3 is 14.7 Å². The van der Waals surface area contributed by atoms with Crippen LogP contribution < -0.4 is 0 Å². The van der Waals surface area contributed by atoms with E-state index in [1.54, 1.807) is 6.92 Å². The van der Waals surface area contributed by atoms with Gasteiger partial charge in [0.2, 0.25) is 0 Å². The number of fused-ring (bicyclic) bond motifs is 1. The van der Waals surface area contributed by atoms with Crippen LogP contribution in [0.3, 0.4) is 0 Å². The maximum atomic E-state index is 12.6. The molecule has 1 aliphatic heterocycles. The number of carbonyl (C=O) groups is 2. The first kappa shape index (κ1) is 16.5. The van der Waals surface area contributed by atoms with Crippen molar-refractivity contribution in [3.8, 4) is 0 Å². The van der Waals surface area contributed by atoms with E-state index < -0.39 is 18.1 Å². The number of carboxylic acids is 1. The Balaban J connectivity index is 2.13. The van der Waals surface area contributed by atoms with Crippen molar-refractivity contribution < 1.29 is 19.4 Å². The number of rotatable bonds is 6. The fourth-order valence-electron chi connectivity index (χ4n) is 2.68. The van der Waals surface area contributed by atoms with Gasteiger partial charge >= 0.3 is 5.97 Å². The highest BCUT2D eigenvalue weighted by molar-refractivity contribution is 5.87. The van der Waals surface area contributed by atoms with Gasteiger partial charge in [-0.25, -0.2) is 4.79 Å². The van der Waals surface area contributed by atoms with Gasteiger partial charge in [-0.2, -0.15) is 0 Å². The Bertz CT molecular complexity index is 543. The smallest absolute Gasteiger partial charge is 0.326 e. The number of carbonyl (C=O) groups excluding carboxylic acids is 1. The average molecular weight is 305 g/mol. The van der Waals surface area contributed by atoms with Crippen molar-refractivity contribution >= 4 is 11.9 Å². The molecule has 1 aromatic rings. The van der Waals surface area contributed by atoms with Crippen LogP contribution in [0.4, 0.5) is 0 Å². The van der Waals surface area contributed by atoms with E-state index in [1.165, 1.54) is 4.90 Å². The highest BCUT2D eigenvalue weighted by Crippen LogP contribution is 2.24. The first-order valence-corrected chi connectivity index (χ1v) is 7.76. The van der Waals surface area contributed by atoms with Crippen LogP contribution in [0, 0.1) is 0 Å². The maximum absolute atomic E-state index is 12.6. The van der Waals surface area contributed by atoms with Crippen molar-refractivity contribution in [1.82, 2.24) is 4.90 Å². The minimum atomic E-state index is -0.969. The van der Waals surface area contributed by atoms with E-state index in [4.69, 9.17) is 4.74 Å². The summed E-state index contributed by atoms with van der Waals surface area (Å²) >= 11 is 0. The van der Waals surface area contributed by atoms with Crippen LogP contribution >= 0.6 is 0 Å². The molecule has 1 aliphatic rings. The van der Waals surface area contributed by atoms with E-state index in [-0.39, 0.29) is 5.91 Å². The van der Waals surface area contributed by atoms with Gasteiger partial charge in [-0.1, -0.05) is 37.6 Å². The molecule has 0 saturated carbocycles. The van der Waals surface area contributed by atoms with Gasteiger partial charge in [-0.05, 0) is 24.5 Å². The molecule has 0 saturated heterocycles. The van der Waals surface area contributed by atoms with E-state index in [1.807, 2.05) is 24.3 Å². The average Bonchev–Trinajstić information content (AvgIpc) is 2.52. The van der Waals surface area contributed by atoms with Crippen molar-refractivity contribution in [3.63, 3.8) is 0 Å². The second-order valence-corrected chi connectivity index (χ2v) is 5.66. The lowest BCUT2D eigenvalue weighted by Crippen LogP contribution is -2.51. The predicted molar refractivity (Wildman–Crippen MR) is 82.4 cm³/mol. The Morgan fingerprint density at radius 2 is 2.05 bits per heavy atom. The number of hydrogen-bond donors (Lipinski definition) is 1. The third kappa shape index (κ3) is 3.65. The van der Waals surface area contributed by atoms with Crippen LogP contribution in [0.5, 0.6) is 0 Å². The molecule has 1 N–H and O–H groups in total. The van der Waals surface area contributed by atoms with Crippen LogP contribution in [0.2, 0.25) is 0 Å². The number of ether oxygens (including phenoxy) is 1. The second kappa shape index (κ2) is 7.40. The quantitative estimate of drug-likeness (QED) is 0.818. The molecule has 0 bridgehead atoms. The molecule has 5 heteroatoms. The number of aliphatic carboxylic acids is 1. The van der Waals surface area contributed by atoms with Crippen LogP contribution in [0.15, 0.2) is 24.3 Å². The molecule has 0 aromatic heterocycles. The van der Waals surface area contributed by atoms with Crippen molar-refractivity contribution in [2.75, 3.05) is 6.61 Å². The molecule has 1 aromatic carbocycles. The van der Waals surface area contributed by atoms with Gasteiger partial charge in [0, 0.05) is 19.6 Å². The lowest BCUT2D eigenvalue weighted by atomic mass is 9.93. The molecular formula is C17H23NO4. The number of benzene rings is 1. The summed E-state index contributed by atoms with van der Waals surface area (Å²) < 4.78 is 5.53. The molecule has 0 spiro atoms. The zero-order valence-corrected chi connectivity index (χ0v) is 13.1. The highest BCUT2D eigenvalue weighted by atomic mass is 16.5. The van der Waals surface area contributed by atoms with Gasteiger partial charge in [0.15, 0.2) is 0 Å². The summed E-state index contributed by atoms with van der Waals surface area (Å²) in [5.74, 6) is -1.22. The SMILES string of the molecule is CCCCO[C@@H](C)C(=O)N1Cc2ccccc2C[C@@H]1C(=O)O. The largest absolute Gasteiger partial charge is 0.480 e. The summed E-state index contributed by atoms with van der Waals surface area (Å²) in [4.78, 5) is 25.5. The monoisotopic (exact) mass is 305 g/mol. The van der Waals surface area contributed by atoms with Gasteiger partial charge in [0.05, 0.1) is 0 Å². The van der Waals surface area contributed by atoms with E-state index >= 15 is 0 Å². The normalized spacial score (nSPS) is 18.6. The standard InChI is InChI=1S/C17H23NO4/c1-3-4-9-22-12(2)16(19)18-11-14-8-6-5-7-13(14)10-15(18)17(20)21/h5-8,12,15H,3-4,9-11H2,1-2H3,(H,20,21)/t12-,15+/m0/s1. The molecule has 1 heterocycles. The highest BCUT2D eigenvalue weighted by Gasteiger charge is 2.36. The summed E-state index contributed by atoms with van der Waals surface area (Å²) in [5.41, 5.74) is 2.01. The van der Waals surface area contributed by atoms with Crippen LogP contribution in [-0.4, -0.2) is 40.6 Å². The van der Waals surface area contributed by atoms with Crippen LogP contribution in [0.1, 0.15) is 37.8 Å². The summed E-state index contributed by atoms with van der Waals surface area (Å²) in [7, 11) is 0. The van der Waals surface area contributed by atoms with Gasteiger partial charge in [0.25, 0.3) is 5.91 Å². The Morgan fingerprint density at radius 1 is 1.36 bits per heavy atom. The van der Waals surface area contributed by atoms with Crippen molar-refractivity contribution in [2.24, 2.45) is 0 Å². The lowest BCUT2D eigenvalue weighted by molar-refractivity contribution is -0.157. The summed E-state index contributed by atoms with van der Waals surface area (Å²) in [6.07, 6.45) is 1.62. The van der Waals surface area contributed by atoms with Crippen LogP contribution in [0.25, 0.3) is 0 Å². The minimum absolute atomic E-state index is 0.252. The van der Waals surface area contributed by atoms with Gasteiger partial charge in [-0.3, -0.25) is 4.79 Å². The number of unbranched alkanes of at least 4 members (excludes halogenated alkanes) is 1. The Kier molecular flexibility index (Phi) is 5.55. The third-order valence-electron chi connectivity index (χ3n) is 4.03. The number of carboxylic acid groups (broad SMARTS) is 1. The molecule has 22 heavy (non-hydrogen) atoms. The fraction of sp³-hybridized carbons (Fsp3) is 0.529. The van der Waals surface area contributed by atoms with Crippen molar-refractivity contribution in [2.45, 2.75) is 51.8 Å². The summed E-state index contributed by atoms with van der Waals surface area (Å²) in [6, 6.07) is 6.85. The van der Waals surface area contributed by atoms with Crippen LogP contribution in [-0.2, 0) is 27.3 Å². The number of amides is 1. The molecule has 2 atom stereocenters. The van der Waals surface area contributed by atoms with E-state index in [2.05, 4.69) is 6.92 Å². The molecule has 1 amide bonds. The molecule has 120 valence electrons. The third-order valence-corrected chi connectivity index (χ3v) is 4.03. The Hall–Kier alpha value is -1.88. The summed E-state index contributed by atoms with van der Waals surface area (Å²) in [6.45, 7) is 4.59. The molecule has 0 radical (unpaired) electrons. The molecule has 0 fully saturated rings. The van der Waals surface area contributed by atoms with Gasteiger partial charge in [-0.15, -0.1) is 0 Å². The van der Waals surface area contributed by atoms with E-state index in [0.717, 1.165) is 24.0 Å². The first-order valence-electron chi connectivity index (χ1n) is 7.76. The number of nitrogens with zero attached hydrogens (tertiary/aromatic N) is 1. The molecule has 0 aliphatic carbocycles. The fourth-order valence-corrected chi connectivity index (χ4v) is 2.68. The molecule has 0 unspecified atom stereocenters. The van der Waals surface area contributed by atoms with E-state index in [9.17, 15) is 14.7 Å². The molecule has 2 rings (SSSR count). The Morgan fingerprint density at radius 3 is 2.68 bits per heavy atom. The zero-order valence-electron chi connectivity index (χ0n) is 13.1. The zero-order chi connectivity index (χ0) is 16.1. The lowest BCUT2D eigenvalue weighted by Gasteiger charge is -2.35. The van der Waals surface area contributed by atoms with E-state index in [0.29, 0.717) is 19.6 Å². The summed E-state index contributed by atoms with van der Waals surface area (Å²) in [5, 5.41) is 9.44. The minimum Gasteiger partial charge on any atom is -0.480 e. The molecule has 5 nitrogen and oxygen atoms in total. The topological polar surface area (TPSA) is 66.8 Å². The maximum Gasteiger partial charge on any atom is 0.326 e. The van der Waals surface area contributed by atoms with Gasteiger partial charge in [0.1, 0.15) is 12.1 Å². The Labute approximate surface area is 130 Å².